The molecule has 1 amide bonds. The Morgan fingerprint density at radius 2 is 2.07 bits per heavy atom. The van der Waals surface area contributed by atoms with Crippen molar-refractivity contribution >= 4 is 11.9 Å². The summed E-state index contributed by atoms with van der Waals surface area (Å²) in [6.45, 7) is 0.130. The minimum Gasteiger partial charge on any atom is -0.479 e. The van der Waals surface area contributed by atoms with E-state index in [0.717, 1.165) is 0 Å². The number of rotatable bonds is 5. The van der Waals surface area contributed by atoms with Gasteiger partial charge in [-0.3, -0.25) is 4.79 Å². The molecular weight excluding hydrogens is 188 g/mol. The molecule has 1 atom stereocenters. The number of hydrogen-bond acceptors (Lipinski definition) is 4. The van der Waals surface area contributed by atoms with Crippen molar-refractivity contribution in [2.75, 3.05) is 6.54 Å². The molecule has 1 rings (SSSR count). The normalized spacial score (nSPS) is 19.9. The number of aliphatic carboxylic acids is 1. The first-order valence-corrected chi connectivity index (χ1v) is 4.44. The molecule has 0 aromatic heterocycles. The largest absolute Gasteiger partial charge is 0.479 e. The van der Waals surface area contributed by atoms with Crippen LogP contribution in [0.5, 0.6) is 0 Å². The molecule has 0 aromatic rings. The van der Waals surface area contributed by atoms with Gasteiger partial charge in [0, 0.05) is 13.0 Å². The second-order valence-corrected chi connectivity index (χ2v) is 3.55. The van der Waals surface area contributed by atoms with Crippen LogP contribution < -0.4 is 11.1 Å². The quantitative estimate of drug-likeness (QED) is 0.430. The topological polar surface area (TPSA) is 113 Å². The van der Waals surface area contributed by atoms with E-state index in [2.05, 4.69) is 5.32 Å². The maximum atomic E-state index is 11.2. The summed E-state index contributed by atoms with van der Waals surface area (Å²) in [6.07, 6.45) is -0.0964. The SMILES string of the molecule is NC1(C(=O)NCC[C@H](O)C(=O)O)CC1. The predicted molar refractivity (Wildman–Crippen MR) is 47.4 cm³/mol. The van der Waals surface area contributed by atoms with Gasteiger partial charge in [0.25, 0.3) is 0 Å². The number of carboxylic acids is 1. The number of carbonyl (C=O) groups excluding carboxylic acids is 1. The molecule has 0 unspecified atom stereocenters. The van der Waals surface area contributed by atoms with Gasteiger partial charge in [0.1, 0.15) is 0 Å². The second kappa shape index (κ2) is 3.93. The van der Waals surface area contributed by atoms with Gasteiger partial charge in [-0.15, -0.1) is 0 Å². The van der Waals surface area contributed by atoms with E-state index in [-0.39, 0.29) is 18.9 Å². The summed E-state index contributed by atoms with van der Waals surface area (Å²) in [5.41, 5.74) is 4.83. The second-order valence-electron chi connectivity index (χ2n) is 3.55. The van der Waals surface area contributed by atoms with E-state index in [1.165, 1.54) is 0 Å². The van der Waals surface area contributed by atoms with Crippen LogP contribution in [-0.4, -0.2) is 40.3 Å². The Bertz CT molecular complexity index is 250. The highest BCUT2D eigenvalue weighted by molar-refractivity contribution is 5.88. The summed E-state index contributed by atoms with van der Waals surface area (Å²) >= 11 is 0. The van der Waals surface area contributed by atoms with E-state index in [0.29, 0.717) is 12.8 Å². The standard InChI is InChI=1S/C8H14N2O4/c9-8(2-3-8)7(14)10-4-1-5(11)6(12)13/h5,11H,1-4,9H2,(H,10,14)(H,12,13)/t5-/m0/s1. The third kappa shape index (κ3) is 2.68. The van der Waals surface area contributed by atoms with Crippen LogP contribution in [-0.2, 0) is 9.59 Å². The van der Waals surface area contributed by atoms with Gasteiger partial charge < -0.3 is 21.3 Å². The maximum Gasteiger partial charge on any atom is 0.332 e. The van der Waals surface area contributed by atoms with Crippen LogP contribution in [0.15, 0.2) is 0 Å². The van der Waals surface area contributed by atoms with Gasteiger partial charge in [0.05, 0.1) is 5.54 Å². The van der Waals surface area contributed by atoms with Gasteiger partial charge in [-0.1, -0.05) is 0 Å². The Hall–Kier alpha value is -1.14. The molecule has 1 aliphatic rings. The van der Waals surface area contributed by atoms with E-state index in [9.17, 15) is 9.59 Å². The fraction of sp³-hybridized carbons (Fsp3) is 0.750. The molecule has 6 heteroatoms. The summed E-state index contributed by atoms with van der Waals surface area (Å²) in [7, 11) is 0. The van der Waals surface area contributed by atoms with Crippen molar-refractivity contribution in [3.05, 3.63) is 0 Å². The highest BCUT2D eigenvalue weighted by Crippen LogP contribution is 2.31. The third-order valence-corrected chi connectivity index (χ3v) is 2.23. The first-order chi connectivity index (χ1) is 6.46. The zero-order valence-corrected chi connectivity index (χ0v) is 7.69. The van der Waals surface area contributed by atoms with Gasteiger partial charge in [-0.05, 0) is 12.8 Å². The minimum absolute atomic E-state index is 0.00282. The van der Waals surface area contributed by atoms with Crippen LogP contribution in [0.2, 0.25) is 0 Å². The minimum atomic E-state index is -1.43. The van der Waals surface area contributed by atoms with Crippen molar-refractivity contribution < 1.29 is 19.8 Å². The Labute approximate surface area is 81.1 Å². The Morgan fingerprint density at radius 1 is 1.50 bits per heavy atom. The molecule has 0 spiro atoms. The fourth-order valence-corrected chi connectivity index (χ4v) is 0.984. The molecule has 0 radical (unpaired) electrons. The molecule has 0 aromatic carbocycles. The van der Waals surface area contributed by atoms with Crippen molar-refractivity contribution in [1.82, 2.24) is 5.32 Å². The van der Waals surface area contributed by atoms with Crippen LogP contribution in [0.3, 0.4) is 0 Å². The highest BCUT2D eigenvalue weighted by atomic mass is 16.4. The average Bonchev–Trinajstić information content (AvgIpc) is 2.84. The van der Waals surface area contributed by atoms with Crippen LogP contribution in [0.25, 0.3) is 0 Å². The molecule has 5 N–H and O–H groups in total. The van der Waals surface area contributed by atoms with E-state index in [1.807, 2.05) is 0 Å². The average molecular weight is 202 g/mol. The van der Waals surface area contributed by atoms with E-state index in [1.54, 1.807) is 0 Å². The van der Waals surface area contributed by atoms with Crippen LogP contribution >= 0.6 is 0 Å². The summed E-state index contributed by atoms with van der Waals surface area (Å²) in [5, 5.41) is 19.7. The lowest BCUT2D eigenvalue weighted by Gasteiger charge is -2.10. The molecular formula is C8H14N2O4. The molecule has 0 aliphatic heterocycles. The summed E-state index contributed by atoms with van der Waals surface area (Å²) in [6, 6.07) is 0. The zero-order valence-electron chi connectivity index (χ0n) is 7.69. The van der Waals surface area contributed by atoms with Crippen LogP contribution in [0, 0.1) is 0 Å². The summed E-state index contributed by atoms with van der Waals surface area (Å²) in [4.78, 5) is 21.4. The Morgan fingerprint density at radius 3 is 2.50 bits per heavy atom. The van der Waals surface area contributed by atoms with Crippen molar-refractivity contribution in [1.29, 1.82) is 0 Å². The number of nitrogens with one attached hydrogen (secondary N) is 1. The van der Waals surface area contributed by atoms with Crippen molar-refractivity contribution in [2.45, 2.75) is 30.9 Å². The lowest BCUT2D eigenvalue weighted by molar-refractivity contribution is -0.147. The molecule has 0 bridgehead atoms. The summed E-state index contributed by atoms with van der Waals surface area (Å²) in [5.74, 6) is -1.55. The smallest absolute Gasteiger partial charge is 0.332 e. The predicted octanol–water partition coefficient (Wildman–Crippen LogP) is -1.57. The lowest BCUT2D eigenvalue weighted by Crippen LogP contribution is -2.43. The number of carboxylic acid groups (broad SMARTS) is 1. The number of aliphatic hydroxyl groups is 1. The maximum absolute atomic E-state index is 11.2. The van der Waals surface area contributed by atoms with Gasteiger partial charge in [0.15, 0.2) is 6.10 Å². The molecule has 80 valence electrons. The zero-order chi connectivity index (χ0) is 10.8. The van der Waals surface area contributed by atoms with E-state index >= 15 is 0 Å². The van der Waals surface area contributed by atoms with Crippen molar-refractivity contribution in [3.63, 3.8) is 0 Å². The van der Waals surface area contributed by atoms with E-state index < -0.39 is 17.6 Å². The van der Waals surface area contributed by atoms with Crippen LogP contribution in [0.1, 0.15) is 19.3 Å². The van der Waals surface area contributed by atoms with Crippen LogP contribution in [0.4, 0.5) is 0 Å². The molecule has 14 heavy (non-hydrogen) atoms. The third-order valence-electron chi connectivity index (χ3n) is 2.23. The molecule has 0 saturated heterocycles. The number of hydrogen-bond donors (Lipinski definition) is 4. The molecule has 1 fully saturated rings. The number of amides is 1. The first kappa shape index (κ1) is 10.9. The fourth-order valence-electron chi connectivity index (χ4n) is 0.984. The van der Waals surface area contributed by atoms with E-state index in [4.69, 9.17) is 15.9 Å². The lowest BCUT2D eigenvalue weighted by atomic mass is 10.2. The van der Waals surface area contributed by atoms with Gasteiger partial charge in [-0.2, -0.15) is 0 Å². The van der Waals surface area contributed by atoms with Gasteiger partial charge >= 0.3 is 5.97 Å². The first-order valence-electron chi connectivity index (χ1n) is 4.44. The highest BCUT2D eigenvalue weighted by Gasteiger charge is 2.45. The molecule has 0 heterocycles. The Balaban J connectivity index is 2.15. The number of aliphatic hydroxyl groups excluding tert-OH is 1. The Kier molecular flexibility index (Phi) is 3.07. The summed E-state index contributed by atoms with van der Waals surface area (Å²) < 4.78 is 0. The van der Waals surface area contributed by atoms with Gasteiger partial charge in [-0.25, -0.2) is 4.79 Å². The van der Waals surface area contributed by atoms with Crippen molar-refractivity contribution in [2.24, 2.45) is 5.73 Å². The molecule has 6 nitrogen and oxygen atoms in total. The van der Waals surface area contributed by atoms with Crippen molar-refractivity contribution in [3.8, 4) is 0 Å². The number of nitrogens with two attached hydrogens (primary N) is 1. The van der Waals surface area contributed by atoms with Gasteiger partial charge in [0.2, 0.25) is 5.91 Å². The number of carbonyl (C=O) groups is 2. The molecule has 1 aliphatic carbocycles. The monoisotopic (exact) mass is 202 g/mol. The molecule has 1 saturated carbocycles.